The molecule has 0 aliphatic heterocycles. The Balaban J connectivity index is 2.76. The van der Waals surface area contributed by atoms with Crippen LogP contribution in [0.5, 0.6) is 0 Å². The molecule has 0 bridgehead atoms. The van der Waals surface area contributed by atoms with Crippen LogP contribution in [-0.2, 0) is 6.42 Å². The molecule has 1 aromatic carbocycles. The molecule has 0 unspecified atom stereocenters. The first-order valence-corrected chi connectivity index (χ1v) is 4.15. The average molecular weight is 161 g/mol. The van der Waals surface area contributed by atoms with Gasteiger partial charge in [0.2, 0.25) is 0 Å². The second-order valence-corrected chi connectivity index (χ2v) is 3.18. The molecule has 0 fully saturated rings. The lowest BCUT2D eigenvalue weighted by Gasteiger charge is -2.01. The molecule has 0 saturated heterocycles. The van der Waals surface area contributed by atoms with E-state index in [4.69, 9.17) is 5.73 Å². The van der Waals surface area contributed by atoms with Crippen LogP contribution < -0.4 is 5.73 Å². The molecule has 1 nitrogen and oxygen atoms in total. The Morgan fingerprint density at radius 1 is 1.50 bits per heavy atom. The summed E-state index contributed by atoms with van der Waals surface area (Å²) in [5.41, 5.74) is 9.24. The van der Waals surface area contributed by atoms with Crippen molar-refractivity contribution in [1.82, 2.24) is 0 Å². The molecule has 0 aromatic heterocycles. The molecule has 1 heteroatoms. The van der Waals surface area contributed by atoms with Crippen LogP contribution in [0.4, 0.5) is 0 Å². The van der Waals surface area contributed by atoms with Crippen molar-refractivity contribution < 1.29 is 0 Å². The predicted molar refractivity (Wildman–Crippen MR) is 52.8 cm³/mol. The second-order valence-electron chi connectivity index (χ2n) is 3.18. The molecule has 2 N–H and O–H groups in total. The fraction of sp³-hybridized carbons (Fsp3) is 0.273. The van der Waals surface area contributed by atoms with Gasteiger partial charge in [-0.1, -0.05) is 35.4 Å². The maximum atomic E-state index is 5.40. The molecule has 0 aliphatic carbocycles. The Kier molecular flexibility index (Phi) is 2.92. The summed E-state index contributed by atoms with van der Waals surface area (Å²) < 4.78 is 0. The zero-order valence-corrected chi connectivity index (χ0v) is 7.67. The third-order valence-electron chi connectivity index (χ3n) is 1.85. The number of benzene rings is 1. The van der Waals surface area contributed by atoms with Crippen molar-refractivity contribution >= 4 is 0 Å². The molecule has 0 heterocycles. The normalized spacial score (nSPS) is 11.7. The minimum atomic E-state index is 0.957. The highest BCUT2D eigenvalue weighted by Gasteiger charge is 1.93. The largest absolute Gasteiger partial charge is 0.405 e. The zero-order chi connectivity index (χ0) is 8.97. The van der Waals surface area contributed by atoms with Crippen molar-refractivity contribution in [2.45, 2.75) is 20.3 Å². The van der Waals surface area contributed by atoms with Crippen molar-refractivity contribution in [3.8, 4) is 0 Å². The molecule has 1 rings (SSSR count). The van der Waals surface area contributed by atoms with Gasteiger partial charge in [0, 0.05) is 0 Å². The molecule has 0 atom stereocenters. The van der Waals surface area contributed by atoms with Crippen LogP contribution in [0, 0.1) is 6.92 Å². The Bertz CT molecular complexity index is 287. The first-order chi connectivity index (χ1) is 5.72. The number of hydrogen-bond acceptors (Lipinski definition) is 1. The highest BCUT2D eigenvalue weighted by atomic mass is 14.5. The van der Waals surface area contributed by atoms with Gasteiger partial charge in [-0.25, -0.2) is 0 Å². The third kappa shape index (κ3) is 2.42. The molecule has 0 amide bonds. The fourth-order valence-electron chi connectivity index (χ4n) is 1.20. The Hall–Kier alpha value is -1.24. The first-order valence-electron chi connectivity index (χ1n) is 4.15. The van der Waals surface area contributed by atoms with E-state index in [1.165, 1.54) is 16.7 Å². The van der Waals surface area contributed by atoms with Crippen LogP contribution in [0.3, 0.4) is 0 Å². The van der Waals surface area contributed by atoms with E-state index in [1.807, 2.05) is 6.92 Å². The molecule has 64 valence electrons. The van der Waals surface area contributed by atoms with Gasteiger partial charge in [0.15, 0.2) is 0 Å². The van der Waals surface area contributed by atoms with E-state index >= 15 is 0 Å². The molecular weight excluding hydrogens is 146 g/mol. The quantitative estimate of drug-likeness (QED) is 0.708. The number of nitrogens with two attached hydrogens (primary N) is 1. The first kappa shape index (κ1) is 8.85. The van der Waals surface area contributed by atoms with E-state index < -0.39 is 0 Å². The summed E-state index contributed by atoms with van der Waals surface area (Å²) in [6.07, 6.45) is 2.63. The Morgan fingerprint density at radius 2 is 2.25 bits per heavy atom. The number of allylic oxidation sites excluding steroid dienone is 1. The average Bonchev–Trinajstić information content (AvgIpc) is 2.04. The van der Waals surface area contributed by atoms with Crippen LogP contribution in [-0.4, -0.2) is 0 Å². The van der Waals surface area contributed by atoms with Crippen LogP contribution in [0.25, 0.3) is 0 Å². The van der Waals surface area contributed by atoms with Gasteiger partial charge in [0.05, 0.1) is 0 Å². The minimum absolute atomic E-state index is 0.957. The third-order valence-corrected chi connectivity index (χ3v) is 1.85. The highest BCUT2D eigenvalue weighted by Crippen LogP contribution is 2.08. The Morgan fingerprint density at radius 3 is 2.83 bits per heavy atom. The van der Waals surface area contributed by atoms with Crippen molar-refractivity contribution in [1.29, 1.82) is 0 Å². The standard InChI is InChI=1S/C11H15N/c1-9-4-3-5-11(6-9)7-10(2)8-12/h3-6,8H,7,12H2,1-2H3/b10-8-. The lowest BCUT2D eigenvalue weighted by molar-refractivity contribution is 1.12. The molecule has 0 radical (unpaired) electrons. The van der Waals surface area contributed by atoms with Crippen molar-refractivity contribution in [3.05, 3.63) is 47.2 Å². The van der Waals surface area contributed by atoms with Crippen LogP contribution in [0.15, 0.2) is 36.0 Å². The van der Waals surface area contributed by atoms with E-state index in [9.17, 15) is 0 Å². The van der Waals surface area contributed by atoms with Gasteiger partial charge in [0.25, 0.3) is 0 Å². The van der Waals surface area contributed by atoms with Gasteiger partial charge in [-0.2, -0.15) is 0 Å². The SMILES string of the molecule is C/C(=C/N)Cc1cccc(C)c1. The van der Waals surface area contributed by atoms with Gasteiger partial charge < -0.3 is 5.73 Å². The number of rotatable bonds is 2. The summed E-state index contributed by atoms with van der Waals surface area (Å²) in [4.78, 5) is 0. The summed E-state index contributed by atoms with van der Waals surface area (Å²) in [6, 6.07) is 8.49. The monoisotopic (exact) mass is 161 g/mol. The van der Waals surface area contributed by atoms with E-state index in [0.717, 1.165) is 6.42 Å². The number of hydrogen-bond donors (Lipinski definition) is 1. The number of aryl methyl sites for hydroxylation is 1. The fourth-order valence-corrected chi connectivity index (χ4v) is 1.20. The van der Waals surface area contributed by atoms with Crippen molar-refractivity contribution in [2.24, 2.45) is 5.73 Å². The summed E-state index contributed by atoms with van der Waals surface area (Å²) in [6.45, 7) is 4.15. The highest BCUT2D eigenvalue weighted by molar-refractivity contribution is 5.25. The minimum Gasteiger partial charge on any atom is -0.405 e. The predicted octanol–water partition coefficient (Wildman–Crippen LogP) is 2.40. The maximum Gasteiger partial charge on any atom is -0.00526 e. The topological polar surface area (TPSA) is 26.0 Å². The van der Waals surface area contributed by atoms with Gasteiger partial charge in [0.1, 0.15) is 0 Å². The van der Waals surface area contributed by atoms with Gasteiger partial charge in [-0.05, 0) is 32.0 Å². The molecule has 12 heavy (non-hydrogen) atoms. The van der Waals surface area contributed by atoms with Crippen molar-refractivity contribution in [2.75, 3.05) is 0 Å². The van der Waals surface area contributed by atoms with E-state index in [-0.39, 0.29) is 0 Å². The van der Waals surface area contributed by atoms with Crippen LogP contribution in [0.1, 0.15) is 18.1 Å². The van der Waals surface area contributed by atoms with Crippen LogP contribution in [0.2, 0.25) is 0 Å². The summed E-state index contributed by atoms with van der Waals surface area (Å²) >= 11 is 0. The Labute approximate surface area is 73.9 Å². The lowest BCUT2D eigenvalue weighted by Crippen LogP contribution is -1.90. The molecule has 0 spiro atoms. The van der Waals surface area contributed by atoms with Crippen molar-refractivity contribution in [3.63, 3.8) is 0 Å². The molecule has 1 aromatic rings. The zero-order valence-electron chi connectivity index (χ0n) is 7.67. The smallest absolute Gasteiger partial charge is 0.00526 e. The van der Waals surface area contributed by atoms with Gasteiger partial charge in [-0.15, -0.1) is 0 Å². The summed E-state index contributed by atoms with van der Waals surface area (Å²) in [7, 11) is 0. The molecular formula is C11H15N. The van der Waals surface area contributed by atoms with Gasteiger partial charge in [-0.3, -0.25) is 0 Å². The molecule has 0 aliphatic rings. The summed E-state index contributed by atoms with van der Waals surface area (Å²) in [5, 5.41) is 0. The second kappa shape index (κ2) is 3.96. The van der Waals surface area contributed by atoms with Crippen LogP contribution >= 0.6 is 0 Å². The van der Waals surface area contributed by atoms with E-state index in [1.54, 1.807) is 6.20 Å². The van der Waals surface area contributed by atoms with E-state index in [0.29, 0.717) is 0 Å². The van der Waals surface area contributed by atoms with E-state index in [2.05, 4.69) is 31.2 Å². The van der Waals surface area contributed by atoms with Gasteiger partial charge >= 0.3 is 0 Å². The lowest BCUT2D eigenvalue weighted by atomic mass is 10.1. The summed E-state index contributed by atoms with van der Waals surface area (Å²) in [5.74, 6) is 0. The molecule has 0 saturated carbocycles. The maximum absolute atomic E-state index is 5.40.